The molecule has 0 amide bonds. The van der Waals surface area contributed by atoms with Crippen molar-refractivity contribution in [3.63, 3.8) is 0 Å². The van der Waals surface area contributed by atoms with Crippen LogP contribution in [0.15, 0.2) is 15.0 Å². The summed E-state index contributed by atoms with van der Waals surface area (Å²) in [5.74, 6) is 0.615. The monoisotopic (exact) mass is 272 g/mol. The third-order valence-corrected chi connectivity index (χ3v) is 1.94. The average molecular weight is 272 g/mol. The van der Waals surface area contributed by atoms with Gasteiger partial charge in [0.15, 0.2) is 17.9 Å². The minimum absolute atomic E-state index is 0. The summed E-state index contributed by atoms with van der Waals surface area (Å²) in [7, 11) is 0. The molecule has 0 aromatic rings. The van der Waals surface area contributed by atoms with Gasteiger partial charge in [0.25, 0.3) is 0 Å². The van der Waals surface area contributed by atoms with Crippen LogP contribution in [0.25, 0.3) is 0 Å². The first-order valence-electron chi connectivity index (χ1n) is 5.98. The van der Waals surface area contributed by atoms with E-state index in [9.17, 15) is 0 Å². The molecular formula is C11H28N8. The van der Waals surface area contributed by atoms with E-state index >= 15 is 0 Å². The van der Waals surface area contributed by atoms with Gasteiger partial charge in [-0.1, -0.05) is 20.8 Å². The molecule has 19 heavy (non-hydrogen) atoms. The maximum Gasteiger partial charge on any atom is 0.195 e. The predicted molar refractivity (Wildman–Crippen MR) is 83.0 cm³/mol. The molecule has 0 rings (SSSR count). The molecule has 0 unspecified atom stereocenters. The van der Waals surface area contributed by atoms with Crippen LogP contribution in [0.4, 0.5) is 0 Å². The Morgan fingerprint density at radius 1 is 0.842 bits per heavy atom. The maximum absolute atomic E-state index is 5.61. The summed E-state index contributed by atoms with van der Waals surface area (Å²) in [4.78, 5) is 12.0. The molecule has 8 nitrogen and oxygen atoms in total. The van der Waals surface area contributed by atoms with Crippen LogP contribution in [0.1, 0.15) is 33.6 Å². The average Bonchev–Trinajstić information content (AvgIpc) is 2.28. The van der Waals surface area contributed by atoms with Crippen molar-refractivity contribution in [1.29, 1.82) is 0 Å². The van der Waals surface area contributed by atoms with Gasteiger partial charge in [-0.2, -0.15) is 0 Å². The van der Waals surface area contributed by atoms with Gasteiger partial charge in [-0.15, -0.1) is 0 Å². The molecule has 0 saturated heterocycles. The van der Waals surface area contributed by atoms with Crippen molar-refractivity contribution in [2.24, 2.45) is 37.9 Å². The summed E-state index contributed by atoms with van der Waals surface area (Å²) in [6, 6.07) is 0. The number of nitrogens with one attached hydrogen (secondary N) is 1. The largest absolute Gasteiger partial charge is 0.370 e. The zero-order chi connectivity index (χ0) is 13.8. The number of aliphatic imine (C=N–C) groups is 3. The second-order valence-corrected chi connectivity index (χ2v) is 3.67. The van der Waals surface area contributed by atoms with E-state index in [0.29, 0.717) is 26.1 Å². The van der Waals surface area contributed by atoms with Gasteiger partial charge in [0.1, 0.15) is 0 Å². The smallest absolute Gasteiger partial charge is 0.195 e. The molecule has 112 valence electrons. The number of nitrogens with zero attached hydrogens (tertiary/aromatic N) is 3. The molecule has 0 aliphatic rings. The molecule has 0 aromatic carbocycles. The van der Waals surface area contributed by atoms with Gasteiger partial charge >= 0.3 is 0 Å². The molecular weight excluding hydrogens is 244 g/mol. The quantitative estimate of drug-likeness (QED) is 0.236. The topological polar surface area (TPSA) is 153 Å². The summed E-state index contributed by atoms with van der Waals surface area (Å²) < 4.78 is 0. The Kier molecular flexibility index (Phi) is 12.7. The van der Waals surface area contributed by atoms with E-state index < -0.39 is 0 Å². The van der Waals surface area contributed by atoms with Crippen LogP contribution in [0.3, 0.4) is 0 Å². The summed E-state index contributed by atoms with van der Waals surface area (Å²) in [5.41, 5.74) is 21.6. The molecule has 0 saturated carbocycles. The minimum atomic E-state index is 0. The number of hydrogen-bond acceptors (Lipinski definition) is 3. The molecule has 0 aromatic heterocycles. The summed E-state index contributed by atoms with van der Waals surface area (Å²) in [5, 5.41) is 2.71. The van der Waals surface area contributed by atoms with Crippen LogP contribution in [-0.2, 0) is 0 Å². The van der Waals surface area contributed by atoms with E-state index in [1.54, 1.807) is 0 Å². The normalized spacial score (nSPS) is 11.6. The molecule has 0 aliphatic carbocycles. The molecule has 0 aliphatic heterocycles. The zero-order valence-electron chi connectivity index (χ0n) is 10.9. The van der Waals surface area contributed by atoms with E-state index in [1.807, 2.05) is 0 Å². The first kappa shape index (κ1) is 19.4. The molecule has 0 bridgehead atoms. The molecule has 8 heteroatoms. The molecule has 0 spiro atoms. The van der Waals surface area contributed by atoms with Crippen molar-refractivity contribution in [3.8, 4) is 0 Å². The second-order valence-electron chi connectivity index (χ2n) is 3.67. The van der Waals surface area contributed by atoms with E-state index in [4.69, 9.17) is 22.9 Å². The highest BCUT2D eigenvalue weighted by Crippen LogP contribution is 1.86. The molecule has 0 fully saturated rings. The lowest BCUT2D eigenvalue weighted by Gasteiger charge is -2.04. The predicted octanol–water partition coefficient (Wildman–Crippen LogP) is -0.695. The standard InChI is InChI=1S/C10H24N8.CH4/c1-2-3-5-16-9(13)18-10(14)17-7-4-6-15-8(11)12;/h2-7H2,1H3,(H4,11,12,15)(H5,13,14,16,17,18);1H4. The first-order valence-corrected chi connectivity index (χ1v) is 5.98. The lowest BCUT2D eigenvalue weighted by Crippen LogP contribution is -2.41. The van der Waals surface area contributed by atoms with Gasteiger partial charge in [0.05, 0.1) is 0 Å². The Labute approximate surface area is 115 Å². The minimum Gasteiger partial charge on any atom is -0.370 e. The van der Waals surface area contributed by atoms with Crippen molar-refractivity contribution in [2.45, 2.75) is 33.6 Å². The van der Waals surface area contributed by atoms with Crippen LogP contribution in [0.5, 0.6) is 0 Å². The fraction of sp³-hybridized carbons (Fsp3) is 0.727. The van der Waals surface area contributed by atoms with Crippen LogP contribution >= 0.6 is 0 Å². The van der Waals surface area contributed by atoms with E-state index in [1.165, 1.54) is 0 Å². The number of rotatable bonds is 7. The van der Waals surface area contributed by atoms with E-state index in [-0.39, 0.29) is 25.3 Å². The van der Waals surface area contributed by atoms with E-state index in [0.717, 1.165) is 12.8 Å². The Bertz CT molecular complexity index is 304. The van der Waals surface area contributed by atoms with Crippen LogP contribution in [0.2, 0.25) is 0 Å². The van der Waals surface area contributed by atoms with Crippen molar-refractivity contribution in [1.82, 2.24) is 5.32 Å². The Hall–Kier alpha value is -1.99. The van der Waals surface area contributed by atoms with Gasteiger partial charge in [0, 0.05) is 19.6 Å². The van der Waals surface area contributed by atoms with Gasteiger partial charge in [0.2, 0.25) is 0 Å². The highest BCUT2D eigenvalue weighted by Gasteiger charge is 1.94. The molecule has 0 heterocycles. The number of nitrogens with two attached hydrogens (primary N) is 4. The van der Waals surface area contributed by atoms with Crippen molar-refractivity contribution < 1.29 is 0 Å². The third-order valence-electron chi connectivity index (χ3n) is 1.94. The third kappa shape index (κ3) is 13.9. The Morgan fingerprint density at radius 3 is 1.79 bits per heavy atom. The SMILES string of the molecule is C.CCCCN=C(N)NC(N)=NCCCN=C(N)N. The Morgan fingerprint density at radius 2 is 1.32 bits per heavy atom. The van der Waals surface area contributed by atoms with E-state index in [2.05, 4.69) is 27.2 Å². The fourth-order valence-electron chi connectivity index (χ4n) is 1.05. The maximum atomic E-state index is 5.61. The highest BCUT2D eigenvalue weighted by molar-refractivity contribution is 5.96. The summed E-state index contributed by atoms with van der Waals surface area (Å²) in [6.45, 7) is 3.83. The molecule has 0 atom stereocenters. The van der Waals surface area contributed by atoms with Crippen molar-refractivity contribution in [3.05, 3.63) is 0 Å². The molecule has 0 radical (unpaired) electrons. The van der Waals surface area contributed by atoms with Crippen molar-refractivity contribution in [2.75, 3.05) is 19.6 Å². The fourth-order valence-corrected chi connectivity index (χ4v) is 1.05. The van der Waals surface area contributed by atoms with Crippen LogP contribution in [-0.4, -0.2) is 37.5 Å². The molecule has 9 N–H and O–H groups in total. The summed E-state index contributed by atoms with van der Waals surface area (Å²) in [6.07, 6.45) is 2.79. The van der Waals surface area contributed by atoms with Gasteiger partial charge in [-0.25, -0.2) is 0 Å². The van der Waals surface area contributed by atoms with Gasteiger partial charge in [-0.05, 0) is 12.8 Å². The van der Waals surface area contributed by atoms with Gasteiger partial charge in [-0.3, -0.25) is 20.3 Å². The van der Waals surface area contributed by atoms with Crippen LogP contribution < -0.4 is 28.3 Å². The van der Waals surface area contributed by atoms with Crippen LogP contribution in [0, 0.1) is 0 Å². The number of hydrogen-bond donors (Lipinski definition) is 5. The van der Waals surface area contributed by atoms with Crippen molar-refractivity contribution >= 4 is 17.9 Å². The number of guanidine groups is 3. The zero-order valence-corrected chi connectivity index (χ0v) is 10.9. The highest BCUT2D eigenvalue weighted by atomic mass is 15.2. The Balaban J connectivity index is 0. The first-order chi connectivity index (χ1) is 8.56. The second kappa shape index (κ2) is 12.5. The number of unbranched alkanes of at least 4 members (excludes halogenated alkanes) is 1. The van der Waals surface area contributed by atoms with Gasteiger partial charge < -0.3 is 22.9 Å². The lowest BCUT2D eigenvalue weighted by atomic mass is 10.3. The summed E-state index contributed by atoms with van der Waals surface area (Å²) >= 11 is 0. The lowest BCUT2D eigenvalue weighted by molar-refractivity contribution is 0.803.